The van der Waals surface area contributed by atoms with E-state index >= 15 is 0 Å². The topological polar surface area (TPSA) is 67.2 Å². The SMILES string of the molecule is CCN(C)c1nc2cc(F)ccc2c(=O)n1NC(=O)Cc1ccc(Cl)cc1. The Morgan fingerprint density at radius 2 is 1.96 bits per heavy atom. The Morgan fingerprint density at radius 1 is 1.26 bits per heavy atom. The highest BCUT2D eigenvalue weighted by atomic mass is 35.5. The first-order valence-corrected chi connectivity index (χ1v) is 8.74. The molecule has 0 aliphatic rings. The minimum atomic E-state index is -0.482. The molecule has 2 aromatic carbocycles. The summed E-state index contributed by atoms with van der Waals surface area (Å²) in [5.41, 5.74) is 3.12. The second kappa shape index (κ2) is 7.75. The van der Waals surface area contributed by atoms with Gasteiger partial charge in [0.25, 0.3) is 5.56 Å². The molecule has 3 aromatic rings. The van der Waals surface area contributed by atoms with Crippen LogP contribution in [0.4, 0.5) is 10.3 Å². The number of carbonyl (C=O) groups is 1. The van der Waals surface area contributed by atoms with Crippen LogP contribution in [-0.4, -0.2) is 29.2 Å². The molecule has 27 heavy (non-hydrogen) atoms. The molecule has 0 bridgehead atoms. The van der Waals surface area contributed by atoms with Gasteiger partial charge in [0.05, 0.1) is 17.3 Å². The highest BCUT2D eigenvalue weighted by Crippen LogP contribution is 2.15. The molecule has 1 heterocycles. The fraction of sp³-hybridized carbons (Fsp3) is 0.211. The Kier molecular flexibility index (Phi) is 5.41. The quantitative estimate of drug-likeness (QED) is 0.729. The number of benzene rings is 2. The van der Waals surface area contributed by atoms with Crippen LogP contribution in [0.5, 0.6) is 0 Å². The van der Waals surface area contributed by atoms with Crippen LogP contribution in [0, 0.1) is 5.82 Å². The number of carbonyl (C=O) groups excluding carboxylic acids is 1. The van der Waals surface area contributed by atoms with Gasteiger partial charge in [0.1, 0.15) is 5.82 Å². The molecule has 1 aromatic heterocycles. The molecule has 6 nitrogen and oxygen atoms in total. The van der Waals surface area contributed by atoms with Crippen LogP contribution in [-0.2, 0) is 11.2 Å². The Hall–Kier alpha value is -2.93. The summed E-state index contributed by atoms with van der Waals surface area (Å²) >= 11 is 5.85. The number of hydrogen-bond acceptors (Lipinski definition) is 4. The summed E-state index contributed by atoms with van der Waals surface area (Å²) in [7, 11) is 1.73. The van der Waals surface area contributed by atoms with Gasteiger partial charge >= 0.3 is 0 Å². The minimum Gasteiger partial charge on any atom is -0.344 e. The minimum absolute atomic E-state index is 0.0698. The maximum atomic E-state index is 13.5. The second-order valence-electron chi connectivity index (χ2n) is 6.07. The van der Waals surface area contributed by atoms with Crippen molar-refractivity contribution in [1.82, 2.24) is 9.66 Å². The molecular formula is C19H18ClFN4O2. The molecule has 0 spiro atoms. The molecule has 0 saturated carbocycles. The number of halogens is 2. The second-order valence-corrected chi connectivity index (χ2v) is 6.50. The van der Waals surface area contributed by atoms with E-state index in [0.717, 1.165) is 10.2 Å². The summed E-state index contributed by atoms with van der Waals surface area (Å²) in [6, 6.07) is 10.6. The lowest BCUT2D eigenvalue weighted by Gasteiger charge is -2.21. The van der Waals surface area contributed by atoms with Gasteiger partial charge in [0.15, 0.2) is 0 Å². The van der Waals surface area contributed by atoms with E-state index in [2.05, 4.69) is 10.4 Å². The summed E-state index contributed by atoms with van der Waals surface area (Å²) in [5, 5.41) is 0.796. The summed E-state index contributed by atoms with van der Waals surface area (Å²) in [4.78, 5) is 31.4. The van der Waals surface area contributed by atoms with Crippen LogP contribution < -0.4 is 15.9 Å². The average Bonchev–Trinajstić information content (AvgIpc) is 2.65. The summed E-state index contributed by atoms with van der Waals surface area (Å²) in [6.07, 6.45) is 0.0698. The van der Waals surface area contributed by atoms with Gasteiger partial charge in [-0.2, -0.15) is 4.68 Å². The van der Waals surface area contributed by atoms with Crippen LogP contribution in [0.3, 0.4) is 0 Å². The molecule has 1 N–H and O–H groups in total. The van der Waals surface area contributed by atoms with Crippen molar-refractivity contribution >= 4 is 34.4 Å². The van der Waals surface area contributed by atoms with E-state index in [1.165, 1.54) is 18.2 Å². The van der Waals surface area contributed by atoms with Crippen molar-refractivity contribution < 1.29 is 9.18 Å². The molecule has 8 heteroatoms. The number of anilines is 1. The van der Waals surface area contributed by atoms with Crippen molar-refractivity contribution in [3.63, 3.8) is 0 Å². The lowest BCUT2D eigenvalue weighted by molar-refractivity contribution is -0.116. The summed E-state index contributed by atoms with van der Waals surface area (Å²) < 4.78 is 14.6. The largest absolute Gasteiger partial charge is 0.344 e. The predicted molar refractivity (Wildman–Crippen MR) is 104 cm³/mol. The van der Waals surface area contributed by atoms with Crippen LogP contribution in [0.25, 0.3) is 10.9 Å². The van der Waals surface area contributed by atoms with Crippen LogP contribution in [0.1, 0.15) is 12.5 Å². The van der Waals surface area contributed by atoms with E-state index in [1.807, 2.05) is 6.92 Å². The highest BCUT2D eigenvalue weighted by molar-refractivity contribution is 6.30. The van der Waals surface area contributed by atoms with Gasteiger partial charge in [-0.15, -0.1) is 0 Å². The van der Waals surface area contributed by atoms with Crippen molar-refractivity contribution in [2.24, 2.45) is 0 Å². The molecule has 0 atom stereocenters. The number of aromatic nitrogens is 2. The molecule has 0 saturated heterocycles. The lowest BCUT2D eigenvalue weighted by atomic mass is 10.1. The van der Waals surface area contributed by atoms with Crippen molar-refractivity contribution in [2.45, 2.75) is 13.3 Å². The molecule has 140 valence electrons. The summed E-state index contributed by atoms with van der Waals surface area (Å²) in [5.74, 6) is -0.637. The van der Waals surface area contributed by atoms with Crippen LogP contribution in [0.2, 0.25) is 5.02 Å². The molecule has 0 fully saturated rings. The number of rotatable bonds is 5. The smallest absolute Gasteiger partial charge is 0.281 e. The molecule has 1 amide bonds. The van der Waals surface area contributed by atoms with Crippen molar-refractivity contribution in [3.05, 3.63) is 69.2 Å². The maximum absolute atomic E-state index is 13.5. The van der Waals surface area contributed by atoms with E-state index in [0.29, 0.717) is 11.6 Å². The fourth-order valence-electron chi connectivity index (χ4n) is 2.60. The zero-order valence-electron chi connectivity index (χ0n) is 14.9. The number of hydrogen-bond donors (Lipinski definition) is 1. The first-order chi connectivity index (χ1) is 12.9. The Morgan fingerprint density at radius 3 is 2.63 bits per heavy atom. The third-order valence-corrected chi connectivity index (χ3v) is 4.40. The van der Waals surface area contributed by atoms with E-state index in [9.17, 15) is 14.0 Å². The molecule has 0 aliphatic heterocycles. The van der Waals surface area contributed by atoms with Gasteiger partial charge in [0, 0.05) is 24.7 Å². The van der Waals surface area contributed by atoms with Gasteiger partial charge in [-0.25, -0.2) is 9.37 Å². The van der Waals surface area contributed by atoms with Crippen molar-refractivity contribution in [1.29, 1.82) is 0 Å². The van der Waals surface area contributed by atoms with Gasteiger partial charge < -0.3 is 4.90 Å². The van der Waals surface area contributed by atoms with E-state index < -0.39 is 11.4 Å². The molecule has 0 unspecified atom stereocenters. The van der Waals surface area contributed by atoms with Gasteiger partial charge in [-0.1, -0.05) is 23.7 Å². The standard InChI is InChI=1S/C19H18ClFN4O2/c1-3-24(2)19-22-16-11-14(21)8-9-15(16)18(27)25(19)23-17(26)10-12-4-6-13(20)7-5-12/h4-9,11H,3,10H2,1-2H3,(H,23,26). The van der Waals surface area contributed by atoms with Crippen LogP contribution >= 0.6 is 11.6 Å². The van der Waals surface area contributed by atoms with E-state index in [-0.39, 0.29) is 29.2 Å². The first kappa shape index (κ1) is 18.8. The van der Waals surface area contributed by atoms with Gasteiger partial charge in [-0.05, 0) is 36.8 Å². The fourth-order valence-corrected chi connectivity index (χ4v) is 2.72. The van der Waals surface area contributed by atoms with Crippen molar-refractivity contribution in [3.8, 4) is 0 Å². The third-order valence-electron chi connectivity index (χ3n) is 4.14. The number of nitrogens with zero attached hydrogens (tertiary/aromatic N) is 3. The zero-order chi connectivity index (χ0) is 19.6. The monoisotopic (exact) mass is 388 g/mol. The zero-order valence-corrected chi connectivity index (χ0v) is 15.6. The Bertz CT molecular complexity index is 1050. The number of nitrogens with one attached hydrogen (secondary N) is 1. The molecule has 0 radical (unpaired) electrons. The van der Waals surface area contributed by atoms with E-state index in [4.69, 9.17) is 11.6 Å². The molecule has 0 aliphatic carbocycles. The highest BCUT2D eigenvalue weighted by Gasteiger charge is 2.16. The third kappa shape index (κ3) is 4.09. The van der Waals surface area contributed by atoms with Gasteiger partial charge in [-0.3, -0.25) is 15.0 Å². The van der Waals surface area contributed by atoms with E-state index in [1.54, 1.807) is 36.2 Å². The van der Waals surface area contributed by atoms with Crippen molar-refractivity contribution in [2.75, 3.05) is 23.9 Å². The maximum Gasteiger partial charge on any atom is 0.281 e. The van der Waals surface area contributed by atoms with Crippen LogP contribution in [0.15, 0.2) is 47.3 Å². The first-order valence-electron chi connectivity index (χ1n) is 8.36. The Balaban J connectivity index is 1.99. The Labute approximate surface area is 160 Å². The number of amides is 1. The predicted octanol–water partition coefficient (Wildman–Crippen LogP) is 2.96. The summed E-state index contributed by atoms with van der Waals surface area (Å²) in [6.45, 7) is 2.42. The normalized spacial score (nSPS) is 10.8. The molecule has 3 rings (SSSR count). The average molecular weight is 389 g/mol. The van der Waals surface area contributed by atoms with Gasteiger partial charge in [0.2, 0.25) is 11.9 Å². The molecular weight excluding hydrogens is 371 g/mol. The number of fused-ring (bicyclic) bond motifs is 1. The lowest BCUT2D eigenvalue weighted by Crippen LogP contribution is -2.39.